The monoisotopic (exact) mass is 308 g/mol. The molecule has 2 saturated heterocycles. The number of hydrogen-bond donors (Lipinski definition) is 0. The standard InChI is InChI=1S/C18H32N2O2/c1-16(14-19-10-12-22-13-11-19)17(21)20-9-8-18(15-20)6-4-2-3-5-7-18/h16H,2-15H2,1H3/t16-/m0/s1. The molecule has 0 aromatic heterocycles. The third-order valence-corrected chi connectivity index (χ3v) is 5.97. The average molecular weight is 308 g/mol. The van der Waals surface area contributed by atoms with Crippen LogP contribution in [0.5, 0.6) is 0 Å². The predicted octanol–water partition coefficient (Wildman–Crippen LogP) is 2.53. The Labute approximate surface area is 135 Å². The van der Waals surface area contributed by atoms with E-state index in [0.717, 1.165) is 45.9 Å². The SMILES string of the molecule is C[C@@H](CN1CCOCC1)C(=O)N1CCC2(CCCCCC2)C1. The Morgan fingerprint density at radius 3 is 2.41 bits per heavy atom. The van der Waals surface area contributed by atoms with Crippen LogP contribution in [0, 0.1) is 11.3 Å². The van der Waals surface area contributed by atoms with Gasteiger partial charge in [-0.3, -0.25) is 9.69 Å². The van der Waals surface area contributed by atoms with Crippen molar-refractivity contribution in [2.75, 3.05) is 45.9 Å². The molecule has 3 aliphatic rings. The van der Waals surface area contributed by atoms with Crippen LogP contribution in [-0.4, -0.2) is 61.6 Å². The van der Waals surface area contributed by atoms with E-state index >= 15 is 0 Å². The van der Waals surface area contributed by atoms with Crippen molar-refractivity contribution in [2.24, 2.45) is 11.3 Å². The molecular weight excluding hydrogens is 276 g/mol. The Morgan fingerprint density at radius 2 is 1.73 bits per heavy atom. The molecule has 126 valence electrons. The van der Waals surface area contributed by atoms with Crippen molar-refractivity contribution in [3.05, 3.63) is 0 Å². The second-order valence-electron chi connectivity index (χ2n) is 7.74. The van der Waals surface area contributed by atoms with Gasteiger partial charge in [-0.2, -0.15) is 0 Å². The first-order chi connectivity index (χ1) is 10.7. The molecule has 1 atom stereocenters. The highest BCUT2D eigenvalue weighted by atomic mass is 16.5. The van der Waals surface area contributed by atoms with E-state index in [9.17, 15) is 4.79 Å². The Balaban J connectivity index is 1.51. The summed E-state index contributed by atoms with van der Waals surface area (Å²) in [7, 11) is 0. The quantitative estimate of drug-likeness (QED) is 0.803. The van der Waals surface area contributed by atoms with Crippen LogP contribution in [0.4, 0.5) is 0 Å². The van der Waals surface area contributed by atoms with Crippen LogP contribution in [-0.2, 0) is 9.53 Å². The zero-order valence-corrected chi connectivity index (χ0v) is 14.2. The molecule has 3 fully saturated rings. The van der Waals surface area contributed by atoms with Crippen molar-refractivity contribution in [3.63, 3.8) is 0 Å². The van der Waals surface area contributed by atoms with Crippen LogP contribution in [0.1, 0.15) is 51.9 Å². The van der Waals surface area contributed by atoms with Crippen molar-refractivity contribution in [1.29, 1.82) is 0 Å². The normalized spacial score (nSPS) is 27.8. The Morgan fingerprint density at radius 1 is 1.05 bits per heavy atom. The first-order valence-corrected chi connectivity index (χ1v) is 9.27. The molecule has 1 amide bonds. The fraction of sp³-hybridized carbons (Fsp3) is 0.944. The van der Waals surface area contributed by atoms with Gasteiger partial charge in [0, 0.05) is 38.6 Å². The summed E-state index contributed by atoms with van der Waals surface area (Å²) in [5.74, 6) is 0.506. The van der Waals surface area contributed by atoms with Crippen molar-refractivity contribution < 1.29 is 9.53 Å². The van der Waals surface area contributed by atoms with Gasteiger partial charge in [-0.1, -0.05) is 32.6 Å². The van der Waals surface area contributed by atoms with Gasteiger partial charge < -0.3 is 9.64 Å². The molecule has 1 aliphatic carbocycles. The fourth-order valence-corrected chi connectivity index (χ4v) is 4.57. The van der Waals surface area contributed by atoms with E-state index in [1.54, 1.807) is 0 Å². The molecule has 0 aromatic carbocycles. The van der Waals surface area contributed by atoms with Gasteiger partial charge in [-0.25, -0.2) is 0 Å². The van der Waals surface area contributed by atoms with E-state index in [1.807, 2.05) is 0 Å². The Kier molecular flexibility index (Phi) is 5.40. The fourth-order valence-electron chi connectivity index (χ4n) is 4.57. The average Bonchev–Trinajstić information content (AvgIpc) is 2.81. The van der Waals surface area contributed by atoms with Gasteiger partial charge in [0.05, 0.1) is 13.2 Å². The number of hydrogen-bond acceptors (Lipinski definition) is 3. The lowest BCUT2D eigenvalue weighted by Gasteiger charge is -2.31. The third-order valence-electron chi connectivity index (χ3n) is 5.97. The number of carbonyl (C=O) groups excluding carboxylic acids is 1. The van der Waals surface area contributed by atoms with Gasteiger partial charge in [-0.05, 0) is 24.7 Å². The number of carbonyl (C=O) groups is 1. The molecule has 4 nitrogen and oxygen atoms in total. The summed E-state index contributed by atoms with van der Waals surface area (Å²) in [6.45, 7) is 8.59. The van der Waals surface area contributed by atoms with Crippen LogP contribution >= 0.6 is 0 Å². The van der Waals surface area contributed by atoms with Crippen LogP contribution in [0.2, 0.25) is 0 Å². The zero-order chi connectivity index (χ0) is 15.4. The number of likely N-dealkylation sites (tertiary alicyclic amines) is 1. The van der Waals surface area contributed by atoms with Crippen LogP contribution in [0.15, 0.2) is 0 Å². The van der Waals surface area contributed by atoms with Gasteiger partial charge in [0.2, 0.25) is 5.91 Å². The molecule has 0 aromatic rings. The van der Waals surface area contributed by atoms with Gasteiger partial charge >= 0.3 is 0 Å². The lowest BCUT2D eigenvalue weighted by molar-refractivity contribution is -0.135. The van der Waals surface area contributed by atoms with E-state index in [4.69, 9.17) is 4.74 Å². The van der Waals surface area contributed by atoms with Crippen LogP contribution < -0.4 is 0 Å². The minimum atomic E-state index is 0.124. The Bertz CT molecular complexity index is 371. The molecule has 4 heteroatoms. The topological polar surface area (TPSA) is 32.8 Å². The minimum absolute atomic E-state index is 0.124. The maximum atomic E-state index is 12.8. The molecular formula is C18H32N2O2. The molecule has 0 bridgehead atoms. The number of rotatable bonds is 3. The molecule has 22 heavy (non-hydrogen) atoms. The van der Waals surface area contributed by atoms with Crippen molar-refractivity contribution in [3.8, 4) is 0 Å². The molecule has 2 heterocycles. The first-order valence-electron chi connectivity index (χ1n) is 9.27. The zero-order valence-electron chi connectivity index (χ0n) is 14.2. The number of amides is 1. The van der Waals surface area contributed by atoms with E-state index in [0.29, 0.717) is 11.3 Å². The highest BCUT2D eigenvalue weighted by Gasteiger charge is 2.40. The lowest BCUT2D eigenvalue weighted by Crippen LogP contribution is -2.44. The third kappa shape index (κ3) is 3.83. The van der Waals surface area contributed by atoms with E-state index in [-0.39, 0.29) is 5.92 Å². The van der Waals surface area contributed by atoms with Gasteiger partial charge in [0.25, 0.3) is 0 Å². The Hall–Kier alpha value is -0.610. The van der Waals surface area contributed by atoms with Gasteiger partial charge in [-0.15, -0.1) is 0 Å². The highest BCUT2D eigenvalue weighted by molar-refractivity contribution is 5.79. The smallest absolute Gasteiger partial charge is 0.226 e. The second-order valence-corrected chi connectivity index (χ2v) is 7.74. The predicted molar refractivity (Wildman–Crippen MR) is 87.8 cm³/mol. The summed E-state index contributed by atoms with van der Waals surface area (Å²) in [4.78, 5) is 17.4. The first kappa shape index (κ1) is 16.3. The molecule has 3 rings (SSSR count). The van der Waals surface area contributed by atoms with E-state index < -0.39 is 0 Å². The summed E-state index contributed by atoms with van der Waals surface area (Å²) >= 11 is 0. The van der Waals surface area contributed by atoms with E-state index in [1.165, 1.54) is 44.9 Å². The number of ether oxygens (including phenoxy) is 1. The van der Waals surface area contributed by atoms with Crippen LogP contribution in [0.25, 0.3) is 0 Å². The van der Waals surface area contributed by atoms with Gasteiger partial charge in [0.1, 0.15) is 0 Å². The van der Waals surface area contributed by atoms with Gasteiger partial charge in [0.15, 0.2) is 0 Å². The van der Waals surface area contributed by atoms with Crippen molar-refractivity contribution in [1.82, 2.24) is 9.80 Å². The molecule has 0 radical (unpaired) electrons. The minimum Gasteiger partial charge on any atom is -0.379 e. The molecule has 1 saturated carbocycles. The van der Waals surface area contributed by atoms with E-state index in [2.05, 4.69) is 16.7 Å². The maximum absolute atomic E-state index is 12.8. The highest BCUT2D eigenvalue weighted by Crippen LogP contribution is 2.42. The molecule has 1 spiro atoms. The lowest BCUT2D eigenvalue weighted by atomic mass is 9.80. The molecule has 0 N–H and O–H groups in total. The van der Waals surface area contributed by atoms with Crippen molar-refractivity contribution in [2.45, 2.75) is 51.9 Å². The summed E-state index contributed by atoms with van der Waals surface area (Å²) in [6, 6.07) is 0. The van der Waals surface area contributed by atoms with Crippen LogP contribution in [0.3, 0.4) is 0 Å². The maximum Gasteiger partial charge on any atom is 0.226 e. The second kappa shape index (κ2) is 7.31. The summed E-state index contributed by atoms with van der Waals surface area (Å²) in [6.07, 6.45) is 9.44. The summed E-state index contributed by atoms with van der Waals surface area (Å²) in [5, 5.41) is 0. The number of nitrogens with zero attached hydrogens (tertiary/aromatic N) is 2. The largest absolute Gasteiger partial charge is 0.379 e. The summed E-state index contributed by atoms with van der Waals surface area (Å²) in [5.41, 5.74) is 0.463. The summed E-state index contributed by atoms with van der Waals surface area (Å²) < 4.78 is 5.39. The number of morpholine rings is 1. The molecule has 0 unspecified atom stereocenters. The molecule has 2 aliphatic heterocycles. The van der Waals surface area contributed by atoms with Crippen molar-refractivity contribution >= 4 is 5.91 Å².